The van der Waals surface area contributed by atoms with Gasteiger partial charge in [0.15, 0.2) is 0 Å². The number of hydrogen-bond acceptors (Lipinski definition) is 4. The molecule has 5 nitrogen and oxygen atoms in total. The molecule has 0 aromatic heterocycles. The first-order chi connectivity index (χ1) is 8.95. The Morgan fingerprint density at radius 2 is 2.16 bits per heavy atom. The molecule has 0 amide bonds. The van der Waals surface area contributed by atoms with E-state index in [2.05, 4.69) is 12.2 Å². The van der Waals surface area contributed by atoms with Gasteiger partial charge in [0.25, 0.3) is 0 Å². The van der Waals surface area contributed by atoms with Gasteiger partial charge in [-0.2, -0.15) is 0 Å². The van der Waals surface area contributed by atoms with Crippen LogP contribution in [0.2, 0.25) is 0 Å². The van der Waals surface area contributed by atoms with Crippen LogP contribution < -0.4 is 5.32 Å². The highest BCUT2D eigenvalue weighted by atomic mass is 32.2. The van der Waals surface area contributed by atoms with E-state index >= 15 is 0 Å². The molecule has 0 aromatic rings. The molecule has 2 fully saturated rings. The molecule has 0 spiro atoms. The van der Waals surface area contributed by atoms with Gasteiger partial charge in [-0.3, -0.25) is 0 Å². The second kappa shape index (κ2) is 6.52. The molecule has 2 saturated heterocycles. The standard InChI is InChI=1S/C13H26N2O3S/c1-11-8-13(5-7-18-11)14-9-12-4-3-6-15(10-12)19(2,16)17/h11-14H,3-10H2,1-2H3. The maximum atomic E-state index is 11.6. The van der Waals surface area contributed by atoms with E-state index in [0.717, 1.165) is 38.8 Å². The number of hydrogen-bond donors (Lipinski definition) is 1. The Kier molecular flexibility index (Phi) is 5.22. The predicted octanol–water partition coefficient (Wildman–Crippen LogP) is 0.815. The molecule has 3 atom stereocenters. The van der Waals surface area contributed by atoms with Gasteiger partial charge < -0.3 is 10.1 Å². The minimum atomic E-state index is -3.03. The molecule has 2 aliphatic heterocycles. The average molecular weight is 290 g/mol. The number of rotatable bonds is 4. The Balaban J connectivity index is 1.76. The van der Waals surface area contributed by atoms with Crippen molar-refractivity contribution in [3.05, 3.63) is 0 Å². The molecule has 2 rings (SSSR count). The fourth-order valence-corrected chi connectivity index (χ4v) is 3.95. The van der Waals surface area contributed by atoms with Gasteiger partial charge in [-0.05, 0) is 45.1 Å². The van der Waals surface area contributed by atoms with Crippen LogP contribution in [0.25, 0.3) is 0 Å². The van der Waals surface area contributed by atoms with Crippen molar-refractivity contribution in [1.82, 2.24) is 9.62 Å². The molecule has 1 N–H and O–H groups in total. The van der Waals surface area contributed by atoms with Crippen molar-refractivity contribution < 1.29 is 13.2 Å². The van der Waals surface area contributed by atoms with Gasteiger partial charge >= 0.3 is 0 Å². The van der Waals surface area contributed by atoms with Gasteiger partial charge in [-0.25, -0.2) is 12.7 Å². The molecular formula is C13H26N2O3S. The van der Waals surface area contributed by atoms with E-state index in [1.54, 1.807) is 4.31 Å². The third-order valence-electron chi connectivity index (χ3n) is 4.13. The van der Waals surface area contributed by atoms with Gasteiger partial charge in [0.05, 0.1) is 12.4 Å². The van der Waals surface area contributed by atoms with Crippen LogP contribution in [0.4, 0.5) is 0 Å². The highest BCUT2D eigenvalue weighted by molar-refractivity contribution is 7.88. The number of nitrogens with zero attached hydrogens (tertiary/aromatic N) is 1. The molecule has 0 radical (unpaired) electrons. The van der Waals surface area contributed by atoms with Crippen molar-refractivity contribution in [2.75, 3.05) is 32.5 Å². The van der Waals surface area contributed by atoms with Crippen LogP contribution in [0.3, 0.4) is 0 Å². The zero-order chi connectivity index (χ0) is 13.9. The Bertz CT molecular complexity index is 385. The SMILES string of the molecule is CC1CC(NCC2CCCN(S(C)(=O)=O)C2)CCO1. The first-order valence-corrected chi connectivity index (χ1v) is 9.10. The number of nitrogens with one attached hydrogen (secondary N) is 1. The summed E-state index contributed by atoms with van der Waals surface area (Å²) in [5.41, 5.74) is 0. The zero-order valence-electron chi connectivity index (χ0n) is 12.0. The van der Waals surface area contributed by atoms with Crippen molar-refractivity contribution >= 4 is 10.0 Å². The Morgan fingerprint density at radius 3 is 2.84 bits per heavy atom. The highest BCUT2D eigenvalue weighted by Gasteiger charge is 2.27. The van der Waals surface area contributed by atoms with Crippen molar-refractivity contribution in [1.29, 1.82) is 0 Å². The van der Waals surface area contributed by atoms with Gasteiger partial charge in [0, 0.05) is 25.7 Å². The van der Waals surface area contributed by atoms with E-state index in [9.17, 15) is 8.42 Å². The van der Waals surface area contributed by atoms with Crippen LogP contribution in [0, 0.1) is 5.92 Å². The predicted molar refractivity (Wildman–Crippen MR) is 75.6 cm³/mol. The molecule has 0 bridgehead atoms. The van der Waals surface area contributed by atoms with Crippen LogP contribution in [-0.2, 0) is 14.8 Å². The molecule has 3 unspecified atom stereocenters. The van der Waals surface area contributed by atoms with Crippen molar-refractivity contribution in [3.8, 4) is 0 Å². The summed E-state index contributed by atoms with van der Waals surface area (Å²) in [6.45, 7) is 5.22. The minimum absolute atomic E-state index is 0.338. The zero-order valence-corrected chi connectivity index (χ0v) is 12.8. The first-order valence-electron chi connectivity index (χ1n) is 7.25. The minimum Gasteiger partial charge on any atom is -0.378 e. The summed E-state index contributed by atoms with van der Waals surface area (Å²) in [7, 11) is -3.03. The summed E-state index contributed by atoms with van der Waals surface area (Å²) in [5.74, 6) is 0.446. The number of sulfonamides is 1. The van der Waals surface area contributed by atoms with Gasteiger partial charge in [0.1, 0.15) is 0 Å². The van der Waals surface area contributed by atoms with E-state index in [-0.39, 0.29) is 0 Å². The lowest BCUT2D eigenvalue weighted by Crippen LogP contribution is -2.45. The fourth-order valence-electron chi connectivity index (χ4n) is 3.01. The molecule has 0 saturated carbocycles. The van der Waals surface area contributed by atoms with Crippen LogP contribution >= 0.6 is 0 Å². The van der Waals surface area contributed by atoms with Crippen LogP contribution in [0.5, 0.6) is 0 Å². The largest absolute Gasteiger partial charge is 0.378 e. The summed E-state index contributed by atoms with van der Waals surface area (Å²) in [6, 6.07) is 0.525. The average Bonchev–Trinajstić information content (AvgIpc) is 2.36. The molecule has 112 valence electrons. The molecular weight excluding hydrogens is 264 g/mol. The fraction of sp³-hybridized carbons (Fsp3) is 1.00. The maximum absolute atomic E-state index is 11.6. The van der Waals surface area contributed by atoms with Crippen molar-refractivity contribution in [3.63, 3.8) is 0 Å². The van der Waals surface area contributed by atoms with Gasteiger partial charge in [0.2, 0.25) is 10.0 Å². The summed E-state index contributed by atoms with van der Waals surface area (Å²) >= 11 is 0. The van der Waals surface area contributed by atoms with Crippen LogP contribution in [0.15, 0.2) is 0 Å². The van der Waals surface area contributed by atoms with E-state index in [1.807, 2.05) is 0 Å². The highest BCUT2D eigenvalue weighted by Crippen LogP contribution is 2.19. The normalized spacial score (nSPS) is 34.3. The second-order valence-electron chi connectivity index (χ2n) is 5.94. The topological polar surface area (TPSA) is 58.6 Å². The third kappa shape index (κ3) is 4.70. The number of ether oxygens (including phenoxy) is 1. The van der Waals surface area contributed by atoms with E-state index in [0.29, 0.717) is 31.2 Å². The van der Waals surface area contributed by atoms with E-state index in [4.69, 9.17) is 4.74 Å². The molecule has 2 heterocycles. The summed E-state index contributed by atoms with van der Waals surface area (Å²) < 4.78 is 30.3. The Morgan fingerprint density at radius 1 is 1.37 bits per heavy atom. The summed E-state index contributed by atoms with van der Waals surface area (Å²) in [4.78, 5) is 0. The van der Waals surface area contributed by atoms with Gasteiger partial charge in [-0.15, -0.1) is 0 Å². The second-order valence-corrected chi connectivity index (χ2v) is 7.92. The lowest BCUT2D eigenvalue weighted by atomic mass is 9.98. The lowest BCUT2D eigenvalue weighted by molar-refractivity contribution is 0.0123. The maximum Gasteiger partial charge on any atom is 0.211 e. The molecule has 0 aromatic carbocycles. The van der Waals surface area contributed by atoms with Crippen molar-refractivity contribution in [2.24, 2.45) is 5.92 Å². The first kappa shape index (κ1) is 15.2. The molecule has 0 aliphatic carbocycles. The quantitative estimate of drug-likeness (QED) is 0.832. The molecule has 19 heavy (non-hydrogen) atoms. The van der Waals surface area contributed by atoms with Crippen LogP contribution in [0.1, 0.15) is 32.6 Å². The molecule has 6 heteroatoms. The van der Waals surface area contributed by atoms with E-state index < -0.39 is 10.0 Å². The Labute approximate surface area is 116 Å². The van der Waals surface area contributed by atoms with Crippen molar-refractivity contribution in [2.45, 2.75) is 44.8 Å². The number of piperidine rings is 1. The third-order valence-corrected chi connectivity index (χ3v) is 5.40. The van der Waals surface area contributed by atoms with Crippen LogP contribution in [-0.4, -0.2) is 57.4 Å². The Hall–Kier alpha value is -0.170. The smallest absolute Gasteiger partial charge is 0.211 e. The lowest BCUT2D eigenvalue weighted by Gasteiger charge is -2.33. The summed E-state index contributed by atoms with van der Waals surface area (Å²) in [6.07, 6.45) is 5.87. The van der Waals surface area contributed by atoms with Gasteiger partial charge in [-0.1, -0.05) is 0 Å². The molecule has 2 aliphatic rings. The van der Waals surface area contributed by atoms with E-state index in [1.165, 1.54) is 6.26 Å². The monoisotopic (exact) mass is 290 g/mol. The summed E-state index contributed by atoms with van der Waals surface area (Å²) in [5, 5.41) is 3.59.